The number of anilines is 1. The highest BCUT2D eigenvalue weighted by molar-refractivity contribution is 5.90. The maximum absolute atomic E-state index is 12.0. The molecule has 132 valence electrons. The van der Waals surface area contributed by atoms with Crippen LogP contribution in [0.4, 0.5) is 10.6 Å². The Morgan fingerprint density at radius 2 is 2.20 bits per heavy atom. The Morgan fingerprint density at radius 1 is 1.32 bits per heavy atom. The number of hydrogen-bond acceptors (Lipinski definition) is 4. The van der Waals surface area contributed by atoms with Crippen LogP contribution in [-0.2, 0) is 11.2 Å². The molecule has 3 amide bonds. The summed E-state index contributed by atoms with van der Waals surface area (Å²) < 4.78 is 5.41. The van der Waals surface area contributed by atoms with E-state index in [2.05, 4.69) is 20.9 Å². The highest BCUT2D eigenvalue weighted by Gasteiger charge is 2.23. The van der Waals surface area contributed by atoms with Crippen LogP contribution in [0.5, 0.6) is 0 Å². The molecule has 0 spiro atoms. The number of aromatic nitrogens is 1. The van der Waals surface area contributed by atoms with Gasteiger partial charge in [0.1, 0.15) is 11.6 Å². The van der Waals surface area contributed by atoms with Gasteiger partial charge >= 0.3 is 6.03 Å². The summed E-state index contributed by atoms with van der Waals surface area (Å²) in [6, 6.07) is 5.22. The maximum Gasteiger partial charge on any atom is 0.315 e. The molecule has 7 heteroatoms. The molecule has 1 aliphatic carbocycles. The Morgan fingerprint density at radius 3 is 3.00 bits per heavy atom. The van der Waals surface area contributed by atoms with Crippen molar-refractivity contribution in [3.63, 3.8) is 0 Å². The Bertz CT molecular complexity index is 739. The fraction of sp³-hybridized carbons (Fsp3) is 0.389. The van der Waals surface area contributed by atoms with E-state index in [1.54, 1.807) is 18.5 Å². The SMILES string of the molecule is Cc1ccc(NC(=O)CCNC(=O)N[C@@H]2CCCc3occc32)nc1. The number of carbonyl (C=O) groups excluding carboxylic acids is 2. The first-order valence-corrected chi connectivity index (χ1v) is 8.45. The van der Waals surface area contributed by atoms with Gasteiger partial charge < -0.3 is 20.4 Å². The van der Waals surface area contributed by atoms with Crippen molar-refractivity contribution in [2.45, 2.75) is 38.6 Å². The van der Waals surface area contributed by atoms with Gasteiger partial charge in [-0.05, 0) is 37.5 Å². The third-order valence-electron chi connectivity index (χ3n) is 4.17. The zero-order valence-corrected chi connectivity index (χ0v) is 14.2. The van der Waals surface area contributed by atoms with Gasteiger partial charge in [0.05, 0.1) is 12.3 Å². The Balaban J connectivity index is 1.40. The van der Waals surface area contributed by atoms with Crippen molar-refractivity contribution in [2.75, 3.05) is 11.9 Å². The number of furan rings is 1. The first-order valence-electron chi connectivity index (χ1n) is 8.45. The summed E-state index contributed by atoms with van der Waals surface area (Å²) in [7, 11) is 0. The summed E-state index contributed by atoms with van der Waals surface area (Å²) in [6.07, 6.45) is 6.32. The molecule has 0 fully saturated rings. The highest BCUT2D eigenvalue weighted by atomic mass is 16.3. The summed E-state index contributed by atoms with van der Waals surface area (Å²) in [5, 5.41) is 8.35. The van der Waals surface area contributed by atoms with Crippen LogP contribution in [0.1, 0.15) is 42.2 Å². The van der Waals surface area contributed by atoms with Gasteiger partial charge in [-0.2, -0.15) is 0 Å². The smallest absolute Gasteiger partial charge is 0.315 e. The van der Waals surface area contributed by atoms with Gasteiger partial charge in [0.2, 0.25) is 5.91 Å². The Labute approximate surface area is 146 Å². The molecule has 0 unspecified atom stereocenters. The molecule has 0 aliphatic heterocycles. The molecule has 0 bridgehead atoms. The lowest BCUT2D eigenvalue weighted by molar-refractivity contribution is -0.116. The monoisotopic (exact) mass is 342 g/mol. The minimum absolute atomic E-state index is 0.0342. The predicted octanol–water partition coefficient (Wildman–Crippen LogP) is 2.69. The van der Waals surface area contributed by atoms with Crippen molar-refractivity contribution in [1.29, 1.82) is 0 Å². The van der Waals surface area contributed by atoms with Crippen LogP contribution in [0.3, 0.4) is 0 Å². The van der Waals surface area contributed by atoms with Crippen molar-refractivity contribution in [3.8, 4) is 0 Å². The Kier molecular flexibility index (Phi) is 5.33. The van der Waals surface area contributed by atoms with Crippen molar-refractivity contribution >= 4 is 17.8 Å². The number of pyridine rings is 1. The van der Waals surface area contributed by atoms with Crippen LogP contribution in [0.2, 0.25) is 0 Å². The van der Waals surface area contributed by atoms with E-state index < -0.39 is 0 Å². The molecule has 2 heterocycles. The van der Waals surface area contributed by atoms with Crippen LogP contribution in [0.15, 0.2) is 35.1 Å². The lowest BCUT2D eigenvalue weighted by Crippen LogP contribution is -2.40. The van der Waals surface area contributed by atoms with Crippen LogP contribution in [0, 0.1) is 6.92 Å². The van der Waals surface area contributed by atoms with Crippen LogP contribution < -0.4 is 16.0 Å². The summed E-state index contributed by atoms with van der Waals surface area (Å²) in [5.74, 6) is 1.27. The van der Waals surface area contributed by atoms with Crippen LogP contribution >= 0.6 is 0 Å². The van der Waals surface area contributed by atoms with Gasteiger partial charge in [0.25, 0.3) is 0 Å². The highest BCUT2D eigenvalue weighted by Crippen LogP contribution is 2.30. The number of nitrogens with one attached hydrogen (secondary N) is 3. The maximum atomic E-state index is 12.0. The second-order valence-electron chi connectivity index (χ2n) is 6.16. The van der Waals surface area contributed by atoms with Gasteiger partial charge in [-0.15, -0.1) is 0 Å². The van der Waals surface area contributed by atoms with Crippen molar-refractivity contribution < 1.29 is 14.0 Å². The standard InChI is InChI=1S/C18H22N4O3/c1-12-5-6-16(20-11-12)22-17(23)7-9-19-18(24)21-14-3-2-4-15-13(14)8-10-25-15/h5-6,8,10-11,14H,2-4,7,9H2,1H3,(H2,19,21,24)(H,20,22,23)/t14-/m1/s1. The van der Waals surface area contributed by atoms with E-state index in [1.807, 2.05) is 19.1 Å². The minimum atomic E-state index is -0.277. The van der Waals surface area contributed by atoms with Crippen LogP contribution in [-0.4, -0.2) is 23.5 Å². The van der Waals surface area contributed by atoms with Crippen molar-refractivity contribution in [2.24, 2.45) is 0 Å². The molecule has 25 heavy (non-hydrogen) atoms. The summed E-state index contributed by atoms with van der Waals surface area (Å²) >= 11 is 0. The fourth-order valence-electron chi connectivity index (χ4n) is 2.88. The molecule has 2 aromatic heterocycles. The molecular weight excluding hydrogens is 320 g/mol. The molecule has 2 aromatic rings. The lowest BCUT2D eigenvalue weighted by Gasteiger charge is -2.22. The molecule has 0 radical (unpaired) electrons. The first-order chi connectivity index (χ1) is 12.1. The second-order valence-corrected chi connectivity index (χ2v) is 6.16. The number of fused-ring (bicyclic) bond motifs is 1. The molecule has 0 saturated heterocycles. The molecular formula is C18H22N4O3. The third-order valence-corrected chi connectivity index (χ3v) is 4.17. The normalized spacial score (nSPS) is 16.0. The number of rotatable bonds is 5. The summed E-state index contributed by atoms with van der Waals surface area (Å²) in [6.45, 7) is 2.19. The zero-order valence-electron chi connectivity index (χ0n) is 14.2. The summed E-state index contributed by atoms with van der Waals surface area (Å²) in [4.78, 5) is 28.0. The van der Waals surface area contributed by atoms with Crippen LogP contribution in [0.25, 0.3) is 0 Å². The lowest BCUT2D eigenvalue weighted by atomic mass is 9.93. The van der Waals surface area contributed by atoms with Gasteiger partial charge in [0, 0.05) is 31.1 Å². The predicted molar refractivity (Wildman–Crippen MR) is 93.1 cm³/mol. The zero-order chi connectivity index (χ0) is 17.6. The number of aryl methyl sites for hydroxylation is 2. The van der Waals surface area contributed by atoms with Gasteiger partial charge in [-0.25, -0.2) is 9.78 Å². The quantitative estimate of drug-likeness (QED) is 0.778. The van der Waals surface area contributed by atoms with Gasteiger partial charge in [-0.3, -0.25) is 4.79 Å². The molecule has 1 atom stereocenters. The van der Waals surface area contributed by atoms with E-state index in [9.17, 15) is 9.59 Å². The molecule has 0 saturated carbocycles. The molecule has 0 aromatic carbocycles. The number of urea groups is 1. The first kappa shape index (κ1) is 17.0. The van der Waals surface area contributed by atoms with Gasteiger partial charge in [0.15, 0.2) is 0 Å². The van der Waals surface area contributed by atoms with E-state index in [0.29, 0.717) is 5.82 Å². The number of hydrogen-bond donors (Lipinski definition) is 3. The topological polar surface area (TPSA) is 96.3 Å². The molecule has 3 N–H and O–H groups in total. The second kappa shape index (κ2) is 7.83. The minimum Gasteiger partial charge on any atom is -0.469 e. The third kappa shape index (κ3) is 4.59. The van der Waals surface area contributed by atoms with Crippen molar-refractivity contribution in [3.05, 3.63) is 47.5 Å². The van der Waals surface area contributed by atoms with E-state index in [-0.39, 0.29) is 30.9 Å². The van der Waals surface area contributed by atoms with E-state index >= 15 is 0 Å². The fourth-order valence-corrected chi connectivity index (χ4v) is 2.88. The molecule has 1 aliphatic rings. The van der Waals surface area contributed by atoms with Crippen molar-refractivity contribution in [1.82, 2.24) is 15.6 Å². The Hall–Kier alpha value is -2.83. The summed E-state index contributed by atoms with van der Waals surface area (Å²) in [5.41, 5.74) is 2.07. The van der Waals surface area contributed by atoms with E-state index in [0.717, 1.165) is 36.1 Å². The average molecular weight is 342 g/mol. The number of nitrogens with zero attached hydrogens (tertiary/aromatic N) is 1. The number of carbonyl (C=O) groups is 2. The number of amides is 3. The van der Waals surface area contributed by atoms with Gasteiger partial charge in [-0.1, -0.05) is 6.07 Å². The largest absolute Gasteiger partial charge is 0.469 e. The van der Waals surface area contributed by atoms with E-state index in [1.165, 1.54) is 0 Å². The molecule has 3 rings (SSSR count). The average Bonchev–Trinajstić information content (AvgIpc) is 3.07. The van der Waals surface area contributed by atoms with E-state index in [4.69, 9.17) is 4.42 Å². The molecule has 7 nitrogen and oxygen atoms in total.